The van der Waals surface area contributed by atoms with E-state index in [2.05, 4.69) is 184 Å². The molecule has 2 atom stereocenters. The molecule has 10 aromatic rings. The van der Waals surface area contributed by atoms with Crippen molar-refractivity contribution in [2.75, 3.05) is 6.16 Å². The van der Waals surface area contributed by atoms with Crippen molar-refractivity contribution in [1.82, 2.24) is 0 Å². The molecule has 4 heteroatoms. The maximum absolute atomic E-state index is 16.7. The van der Waals surface area contributed by atoms with Gasteiger partial charge >= 0.3 is 0 Å². The molecule has 334 valence electrons. The van der Waals surface area contributed by atoms with Crippen LogP contribution in [0.1, 0.15) is 62.6 Å². The van der Waals surface area contributed by atoms with Crippen LogP contribution in [0.2, 0.25) is 0 Å². The highest BCUT2D eigenvalue weighted by atomic mass is 31.2. The zero-order valence-corrected chi connectivity index (χ0v) is 41.1. The van der Waals surface area contributed by atoms with Crippen molar-refractivity contribution in [2.24, 2.45) is 0 Å². The van der Waals surface area contributed by atoms with E-state index in [1.807, 2.05) is 61.5 Å². The molecule has 0 bridgehead atoms. The van der Waals surface area contributed by atoms with Gasteiger partial charge in [0, 0.05) is 32.7 Å². The number of fused-ring (bicyclic) bond motifs is 20. The predicted octanol–water partition coefficient (Wildman–Crippen LogP) is 14.0. The van der Waals surface area contributed by atoms with Gasteiger partial charge in [-0.25, -0.2) is 0 Å². The third kappa shape index (κ3) is 5.21. The van der Waals surface area contributed by atoms with Crippen molar-refractivity contribution in [3.8, 4) is 44.5 Å². The number of rotatable bonds is 6. The van der Waals surface area contributed by atoms with Gasteiger partial charge in [0.15, 0.2) is 7.14 Å². The molecular formula is C66H48O2P2. The van der Waals surface area contributed by atoms with Gasteiger partial charge in [-0.2, -0.15) is 0 Å². The Morgan fingerprint density at radius 2 is 0.614 bits per heavy atom. The topological polar surface area (TPSA) is 34.1 Å². The van der Waals surface area contributed by atoms with Gasteiger partial charge in [-0.1, -0.05) is 230 Å². The zero-order valence-electron chi connectivity index (χ0n) is 39.3. The molecule has 0 aromatic heterocycles. The first-order valence-electron chi connectivity index (χ1n) is 24.5. The fraction of sp³-hybridized carbons (Fsp3) is 0.0909. The van der Waals surface area contributed by atoms with Gasteiger partial charge in [0.2, 0.25) is 0 Å². The Bertz CT molecular complexity index is 3880. The normalized spacial score (nSPS) is 16.0. The fourth-order valence-electron chi connectivity index (χ4n) is 13.4. The second-order valence-electron chi connectivity index (χ2n) is 19.8. The lowest BCUT2D eigenvalue weighted by Crippen LogP contribution is -2.30. The summed E-state index contributed by atoms with van der Waals surface area (Å²) in [5.74, 6) is 0. The summed E-state index contributed by atoms with van der Waals surface area (Å²) in [6.45, 7) is 6.40. The second-order valence-corrected chi connectivity index (χ2v) is 25.7. The molecule has 0 saturated heterocycles. The first kappa shape index (κ1) is 41.6. The van der Waals surface area contributed by atoms with E-state index in [9.17, 15) is 0 Å². The van der Waals surface area contributed by atoms with Crippen LogP contribution in [0, 0.1) is 13.8 Å². The third-order valence-electron chi connectivity index (χ3n) is 16.4. The van der Waals surface area contributed by atoms with Gasteiger partial charge in [0.25, 0.3) is 0 Å². The molecule has 0 fully saturated rings. The molecule has 0 N–H and O–H groups in total. The molecular weight excluding hydrogens is 887 g/mol. The largest absolute Gasteiger partial charge is 0.314 e. The Morgan fingerprint density at radius 1 is 0.300 bits per heavy atom. The Balaban J connectivity index is 0.927. The highest BCUT2D eigenvalue weighted by Crippen LogP contribution is 2.65. The lowest BCUT2D eigenvalue weighted by atomic mass is 9.70. The van der Waals surface area contributed by atoms with Gasteiger partial charge in [0.05, 0.1) is 10.8 Å². The molecule has 10 aromatic carbocycles. The first-order chi connectivity index (χ1) is 34.2. The van der Waals surface area contributed by atoms with Crippen molar-refractivity contribution in [3.63, 3.8) is 0 Å². The van der Waals surface area contributed by atoms with Crippen molar-refractivity contribution >= 4 is 40.8 Å². The maximum atomic E-state index is 16.7. The van der Waals surface area contributed by atoms with Gasteiger partial charge in [-0.15, -0.1) is 0 Å². The van der Waals surface area contributed by atoms with Crippen LogP contribution in [0.15, 0.2) is 224 Å². The Labute approximate surface area is 410 Å². The first-order valence-corrected chi connectivity index (χ1v) is 28.1. The van der Waals surface area contributed by atoms with E-state index in [1.54, 1.807) is 0 Å². The monoisotopic (exact) mass is 934 g/mol. The molecule has 14 rings (SSSR count). The molecule has 70 heavy (non-hydrogen) atoms. The zero-order chi connectivity index (χ0) is 47.1. The van der Waals surface area contributed by atoms with Gasteiger partial charge in [-0.05, 0) is 115 Å². The maximum Gasteiger partial charge on any atom is 0.171 e. The number of hydrogen-bond donors (Lipinski definition) is 0. The van der Waals surface area contributed by atoms with E-state index in [-0.39, 0.29) is 0 Å². The minimum atomic E-state index is -3.51. The van der Waals surface area contributed by atoms with E-state index < -0.39 is 25.1 Å². The minimum absolute atomic E-state index is 0.448. The summed E-state index contributed by atoms with van der Waals surface area (Å²) in [5.41, 5.74) is 21.0. The number of benzene rings is 10. The summed E-state index contributed by atoms with van der Waals surface area (Å²) in [5, 5.41) is 3.88. The average molecular weight is 935 g/mol. The van der Waals surface area contributed by atoms with Crippen LogP contribution in [-0.4, -0.2) is 6.16 Å². The summed E-state index contributed by atoms with van der Waals surface area (Å²) in [7, 11) is -6.71. The SMILES string of the molecule is CCP(=O)(c1ccc(P(=O)(c2ccccc2)c2ccc3c(c2)C2(c4ccccc4-c4ccccc42)c2cc(C)ccc2-3)cc1)c1ccc2c(c1)C1(c3ccccc3-c3ccccc31)c1cc(C)ccc1-2. The van der Waals surface area contributed by atoms with E-state index in [1.165, 1.54) is 94.6 Å². The van der Waals surface area contributed by atoms with E-state index in [4.69, 9.17) is 0 Å². The standard InChI is InChI=1S/C66H48O2P2/c1-4-69(67,47-32-36-55-53-34-26-42(2)38-61(53)65(63(55)40-47)57-22-12-8-18-49(57)50-19-9-13-23-58(50)65)44-28-30-46(31-29-44)70(68,45-16-6-5-7-17-45)48-33-37-56-54-35-27-43(3)39-62(54)66(64(56)41-48)59-24-14-10-20-51(59)52-21-11-15-25-60(52)66/h5-41H,4H2,1-3H3. The Hall–Kier alpha value is -7.34. The van der Waals surface area contributed by atoms with E-state index in [0.717, 1.165) is 32.1 Å². The quantitative estimate of drug-likeness (QED) is 0.156. The van der Waals surface area contributed by atoms with Crippen LogP contribution in [0.3, 0.4) is 0 Å². The molecule has 4 aliphatic carbocycles. The van der Waals surface area contributed by atoms with Crippen LogP contribution >= 0.6 is 14.3 Å². The van der Waals surface area contributed by atoms with Crippen LogP contribution < -0.4 is 26.5 Å². The molecule has 4 aliphatic rings. The average Bonchev–Trinajstić information content (AvgIpc) is 4.09. The van der Waals surface area contributed by atoms with Crippen LogP contribution in [0.4, 0.5) is 0 Å². The van der Waals surface area contributed by atoms with Crippen molar-refractivity contribution in [2.45, 2.75) is 31.6 Å². The summed E-state index contributed by atoms with van der Waals surface area (Å²) >= 11 is 0. The van der Waals surface area contributed by atoms with Gasteiger partial charge < -0.3 is 9.13 Å². The molecule has 0 saturated carbocycles. The van der Waals surface area contributed by atoms with Crippen LogP contribution in [0.5, 0.6) is 0 Å². The van der Waals surface area contributed by atoms with E-state index >= 15 is 9.13 Å². The molecule has 0 heterocycles. The fourth-order valence-corrected chi connectivity index (χ4v) is 18.4. The molecule has 0 radical (unpaired) electrons. The summed E-state index contributed by atoms with van der Waals surface area (Å²) in [6.07, 6.45) is 0.448. The molecule has 2 spiro atoms. The van der Waals surface area contributed by atoms with Crippen LogP contribution in [0.25, 0.3) is 44.5 Å². The lowest BCUT2D eigenvalue weighted by molar-refractivity contribution is 0.587. The van der Waals surface area contributed by atoms with Crippen molar-refractivity contribution < 1.29 is 9.13 Å². The predicted molar refractivity (Wildman–Crippen MR) is 292 cm³/mol. The van der Waals surface area contributed by atoms with Crippen molar-refractivity contribution in [3.05, 3.63) is 280 Å². The molecule has 2 nitrogen and oxygen atoms in total. The Kier molecular flexibility index (Phi) is 8.82. The third-order valence-corrected chi connectivity index (χ3v) is 22.6. The lowest BCUT2D eigenvalue weighted by Gasteiger charge is -2.31. The number of hydrogen-bond acceptors (Lipinski definition) is 2. The van der Waals surface area contributed by atoms with E-state index in [0.29, 0.717) is 6.16 Å². The highest BCUT2D eigenvalue weighted by Gasteiger charge is 2.54. The molecule has 2 unspecified atom stereocenters. The Morgan fingerprint density at radius 3 is 1.06 bits per heavy atom. The summed E-state index contributed by atoms with van der Waals surface area (Å²) in [6, 6.07) is 80.2. The molecule has 0 amide bonds. The second kappa shape index (κ2) is 14.8. The van der Waals surface area contributed by atoms with Gasteiger partial charge in [-0.3, -0.25) is 0 Å². The van der Waals surface area contributed by atoms with Gasteiger partial charge in [0.1, 0.15) is 7.14 Å². The molecule has 0 aliphatic heterocycles. The highest BCUT2D eigenvalue weighted by molar-refractivity contribution is 7.85. The van der Waals surface area contributed by atoms with Crippen molar-refractivity contribution in [1.29, 1.82) is 0 Å². The van der Waals surface area contributed by atoms with Crippen LogP contribution in [-0.2, 0) is 20.0 Å². The summed E-state index contributed by atoms with van der Waals surface area (Å²) in [4.78, 5) is 0. The smallest absolute Gasteiger partial charge is 0.171 e. The summed E-state index contributed by atoms with van der Waals surface area (Å²) < 4.78 is 32.7. The minimum Gasteiger partial charge on any atom is -0.314 e. The number of aryl methyl sites for hydroxylation is 2.